The number of phenolic OH excluding ortho intramolecular Hbond substituents is 2. The number of hydrogen-bond acceptors (Lipinski definition) is 11. The number of phenols is 2. The van der Waals surface area contributed by atoms with Crippen LogP contribution in [0.15, 0.2) is 36.4 Å². The van der Waals surface area contributed by atoms with Crippen LogP contribution in [0.5, 0.6) is 11.5 Å². The third-order valence-corrected chi connectivity index (χ3v) is 11.3. The molecule has 0 saturated carbocycles. The van der Waals surface area contributed by atoms with Gasteiger partial charge in [0.15, 0.2) is 6.17 Å². The van der Waals surface area contributed by atoms with E-state index in [0.717, 1.165) is 35.5 Å². The highest BCUT2D eigenvalue weighted by Crippen LogP contribution is 2.38. The molecule has 10 N–H and O–H groups in total. The molecule has 0 unspecified atom stereocenters. The van der Waals surface area contributed by atoms with Gasteiger partial charge in [0.05, 0.1) is 13.2 Å². The minimum absolute atomic E-state index is 0.0506. The molecule has 6 amide bonds. The number of aliphatic carboxylic acids is 1. The van der Waals surface area contributed by atoms with Gasteiger partial charge in [0.1, 0.15) is 35.7 Å². The number of likely N-dealkylation sites (N-methyl/N-ethyl adjacent to an activating group) is 2. The Morgan fingerprint density at radius 3 is 1.90 bits per heavy atom. The Labute approximate surface area is 369 Å². The molecule has 0 saturated heterocycles. The molecule has 1 heterocycles. The number of benzene rings is 2. The van der Waals surface area contributed by atoms with Crippen molar-refractivity contribution in [2.75, 3.05) is 27.2 Å². The van der Waals surface area contributed by atoms with Crippen LogP contribution >= 0.6 is 0 Å². The summed E-state index contributed by atoms with van der Waals surface area (Å²) in [6, 6.07) is 2.61. The SMILES string of the molecule is CCCCCCCCCCCCCCCC(=O)N(C)[C@H](CO)C(=O)N[C@H](N)C(=O)NCC(=O)N(C)[C@@H]1C(=O)N[C@@H](C)C(=O)N[C@H](C(=O)O)Cc2ccc(O)c(c2)-c2cc1ccc2O. The van der Waals surface area contributed by atoms with E-state index >= 15 is 0 Å². The second kappa shape index (κ2) is 26.0. The fourth-order valence-corrected chi connectivity index (χ4v) is 7.39. The van der Waals surface area contributed by atoms with Crippen LogP contribution in [0.4, 0.5) is 0 Å². The number of carbonyl (C=O) groups is 7. The van der Waals surface area contributed by atoms with Crippen LogP contribution < -0.4 is 27.0 Å². The summed E-state index contributed by atoms with van der Waals surface area (Å²) in [7, 11) is 2.62. The largest absolute Gasteiger partial charge is 0.507 e. The lowest BCUT2D eigenvalue weighted by atomic mass is 9.94. The predicted molar refractivity (Wildman–Crippen MR) is 235 cm³/mol. The van der Waals surface area contributed by atoms with E-state index in [-0.39, 0.29) is 46.9 Å². The van der Waals surface area contributed by atoms with Crippen molar-refractivity contribution in [1.82, 2.24) is 31.1 Å². The maximum Gasteiger partial charge on any atom is 0.326 e. The Hall–Kier alpha value is -5.75. The molecule has 18 heteroatoms. The molecular weight excluding hydrogens is 815 g/mol. The number of unbranched alkanes of at least 4 members (excludes halogenated alkanes) is 12. The van der Waals surface area contributed by atoms with Crippen molar-refractivity contribution < 1.29 is 54.0 Å². The lowest BCUT2D eigenvalue weighted by Gasteiger charge is -2.30. The summed E-state index contributed by atoms with van der Waals surface area (Å²) < 4.78 is 0. The van der Waals surface area contributed by atoms with Gasteiger partial charge in [-0.1, -0.05) is 96.1 Å². The summed E-state index contributed by atoms with van der Waals surface area (Å²) in [4.78, 5) is 93.6. The summed E-state index contributed by atoms with van der Waals surface area (Å²) >= 11 is 0. The molecule has 3 rings (SSSR count). The van der Waals surface area contributed by atoms with E-state index < -0.39 is 79.0 Å². The highest BCUT2D eigenvalue weighted by Gasteiger charge is 2.34. The molecule has 0 radical (unpaired) electrons. The minimum Gasteiger partial charge on any atom is -0.507 e. The molecule has 1 aliphatic rings. The topological polar surface area (TPSA) is 281 Å². The Bertz CT molecular complexity index is 1890. The van der Waals surface area contributed by atoms with Crippen LogP contribution in [0.2, 0.25) is 0 Å². The van der Waals surface area contributed by atoms with Gasteiger partial charge in [-0.05, 0) is 48.7 Å². The zero-order valence-corrected chi connectivity index (χ0v) is 37.0. The third kappa shape index (κ3) is 15.8. The van der Waals surface area contributed by atoms with Crippen LogP contribution in [0, 0.1) is 0 Å². The molecule has 2 aromatic carbocycles. The normalized spacial score (nSPS) is 17.3. The highest BCUT2D eigenvalue weighted by atomic mass is 16.4. The third-order valence-electron chi connectivity index (χ3n) is 11.3. The number of nitrogens with two attached hydrogens (primary N) is 1. The van der Waals surface area contributed by atoms with Gasteiger partial charge in [0.2, 0.25) is 29.5 Å². The van der Waals surface area contributed by atoms with Gasteiger partial charge < -0.3 is 57.2 Å². The van der Waals surface area contributed by atoms with Gasteiger partial charge in [-0.15, -0.1) is 0 Å². The number of amides is 6. The number of nitrogens with zero attached hydrogens (tertiary/aromatic N) is 2. The molecule has 18 nitrogen and oxygen atoms in total. The van der Waals surface area contributed by atoms with Crippen molar-refractivity contribution in [2.24, 2.45) is 5.73 Å². The summed E-state index contributed by atoms with van der Waals surface area (Å²) in [5.41, 5.74) is 6.60. The lowest BCUT2D eigenvalue weighted by molar-refractivity contribution is -0.143. The van der Waals surface area contributed by atoms with Crippen LogP contribution in [-0.4, -0.2) is 123 Å². The number of carboxylic acids is 1. The number of aromatic hydroxyl groups is 2. The molecule has 0 fully saturated rings. The highest BCUT2D eigenvalue weighted by molar-refractivity contribution is 5.96. The number of fused-ring (bicyclic) bond motifs is 5. The molecule has 5 atom stereocenters. The van der Waals surface area contributed by atoms with Crippen molar-refractivity contribution in [1.29, 1.82) is 0 Å². The van der Waals surface area contributed by atoms with Gasteiger partial charge in [-0.25, -0.2) is 4.79 Å². The smallest absolute Gasteiger partial charge is 0.326 e. The van der Waals surface area contributed by atoms with Crippen molar-refractivity contribution in [3.63, 3.8) is 0 Å². The Morgan fingerprint density at radius 1 is 0.778 bits per heavy atom. The molecule has 4 bridgehead atoms. The maximum atomic E-state index is 13.9. The molecule has 0 aromatic heterocycles. The number of carboxylic acid groups (broad SMARTS) is 1. The molecule has 2 aromatic rings. The quantitative estimate of drug-likeness (QED) is 0.0576. The first-order valence-electron chi connectivity index (χ1n) is 21.9. The van der Waals surface area contributed by atoms with E-state index in [1.54, 1.807) is 0 Å². The van der Waals surface area contributed by atoms with Crippen LogP contribution in [0.1, 0.15) is 121 Å². The van der Waals surface area contributed by atoms with E-state index in [4.69, 9.17) is 5.73 Å². The number of rotatable bonds is 23. The Kier molecular flexibility index (Phi) is 21.3. The number of carbonyl (C=O) groups excluding carboxylic acids is 6. The first-order chi connectivity index (χ1) is 30.0. The summed E-state index contributed by atoms with van der Waals surface area (Å²) in [6.07, 6.45) is 13.2. The number of aliphatic hydroxyl groups is 1. The zero-order valence-electron chi connectivity index (χ0n) is 37.0. The van der Waals surface area contributed by atoms with Crippen LogP contribution in [-0.2, 0) is 40.0 Å². The average molecular weight is 882 g/mol. The molecular formula is C45H67N7O11. The predicted octanol–water partition coefficient (Wildman–Crippen LogP) is 2.71. The summed E-state index contributed by atoms with van der Waals surface area (Å²) in [6.45, 7) is 2.07. The zero-order chi connectivity index (χ0) is 46.6. The number of nitrogens with one attached hydrogen (secondary N) is 4. The molecule has 0 spiro atoms. The van der Waals surface area contributed by atoms with Crippen molar-refractivity contribution >= 4 is 41.4 Å². The summed E-state index contributed by atoms with van der Waals surface area (Å²) in [5.74, 6) is -6.75. The van der Waals surface area contributed by atoms with E-state index in [2.05, 4.69) is 28.2 Å². The van der Waals surface area contributed by atoms with Gasteiger partial charge in [0, 0.05) is 38.1 Å². The van der Waals surface area contributed by atoms with E-state index in [0.29, 0.717) is 12.0 Å². The van der Waals surface area contributed by atoms with E-state index in [1.165, 1.54) is 109 Å². The number of aliphatic hydroxyl groups excluding tert-OH is 1. The lowest BCUT2D eigenvalue weighted by Crippen LogP contribution is -2.59. The standard InChI is InChI=1S/C45H67N7O11/c1-5-6-7-8-9-10-11-12-13-14-15-16-17-18-37(56)51(3)34(27-53)42(59)50-40(46)44(61)47-26-38(57)52(4)39-30-20-22-36(55)32(25-30)31-23-29(19-21-35(31)54)24-33(45(62)63)49-41(58)28(2)48-43(39)60/h19-23,25,28,33-34,39-40,53-55H,5-18,24,26-27,46H2,1-4H3,(H,47,61)(H,48,60)(H,49,58)(H,50,59)(H,62,63)/t28-,33-,34+,39-,40-/m0/s1. The average Bonchev–Trinajstić information content (AvgIpc) is 3.24. The number of hydrogen-bond donors (Lipinski definition) is 9. The van der Waals surface area contributed by atoms with Gasteiger partial charge in [-0.2, -0.15) is 0 Å². The second-order valence-electron chi connectivity index (χ2n) is 16.3. The molecule has 1 aliphatic heterocycles. The molecule has 0 aliphatic carbocycles. The Morgan fingerprint density at radius 2 is 1.33 bits per heavy atom. The van der Waals surface area contributed by atoms with Crippen molar-refractivity contribution in [3.8, 4) is 22.6 Å². The van der Waals surface area contributed by atoms with Crippen molar-refractivity contribution in [3.05, 3.63) is 47.5 Å². The molecule has 348 valence electrons. The van der Waals surface area contributed by atoms with Crippen molar-refractivity contribution in [2.45, 2.75) is 140 Å². The first kappa shape index (κ1) is 51.6. The Balaban J connectivity index is 1.60. The van der Waals surface area contributed by atoms with E-state index in [1.807, 2.05) is 0 Å². The monoisotopic (exact) mass is 881 g/mol. The maximum absolute atomic E-state index is 13.9. The van der Waals surface area contributed by atoms with E-state index in [9.17, 15) is 54.0 Å². The van der Waals surface area contributed by atoms with Crippen LogP contribution in [0.3, 0.4) is 0 Å². The summed E-state index contributed by atoms with van der Waals surface area (Å²) in [5, 5.41) is 50.8. The van der Waals surface area contributed by atoms with Crippen LogP contribution in [0.25, 0.3) is 11.1 Å². The molecule has 63 heavy (non-hydrogen) atoms. The van der Waals surface area contributed by atoms with Gasteiger partial charge in [0.25, 0.3) is 5.91 Å². The second-order valence-corrected chi connectivity index (χ2v) is 16.3. The van der Waals surface area contributed by atoms with Gasteiger partial charge >= 0.3 is 5.97 Å². The minimum atomic E-state index is -1.70. The fourth-order valence-electron chi connectivity index (χ4n) is 7.39. The fraction of sp³-hybridized carbons (Fsp3) is 0.578. The van der Waals surface area contributed by atoms with Gasteiger partial charge in [-0.3, -0.25) is 28.8 Å². The first-order valence-corrected chi connectivity index (χ1v) is 21.9.